The van der Waals surface area contributed by atoms with E-state index < -0.39 is 6.43 Å². The van der Waals surface area contributed by atoms with Crippen LogP contribution in [0.25, 0.3) is 0 Å². The zero-order chi connectivity index (χ0) is 22.0. The molecular weight excluding hydrogens is 472 g/mol. The van der Waals surface area contributed by atoms with Gasteiger partial charge in [-0.05, 0) is 52.9 Å². The Morgan fingerprint density at radius 2 is 2.06 bits per heavy atom. The van der Waals surface area contributed by atoms with Gasteiger partial charge in [-0.2, -0.15) is 10.2 Å². The summed E-state index contributed by atoms with van der Waals surface area (Å²) >= 11 is 3.23. The second-order valence-electron chi connectivity index (χ2n) is 7.40. The minimum absolute atomic E-state index is 0.150. The molecule has 1 N–H and O–H groups in total. The first-order chi connectivity index (χ1) is 14.9. The molecule has 1 aliphatic rings. The van der Waals surface area contributed by atoms with E-state index in [4.69, 9.17) is 4.74 Å². The smallest absolute Gasteiger partial charge is 0.283 e. The van der Waals surface area contributed by atoms with Gasteiger partial charge >= 0.3 is 0 Å². The highest BCUT2D eigenvalue weighted by molar-refractivity contribution is 9.10. The molecule has 3 aromatic rings. The molecule has 0 bridgehead atoms. The molecule has 4 rings (SSSR count). The van der Waals surface area contributed by atoms with Gasteiger partial charge in [-0.3, -0.25) is 9.48 Å². The van der Waals surface area contributed by atoms with Gasteiger partial charge in [0.2, 0.25) is 5.91 Å². The topological polar surface area (TPSA) is 74.0 Å². The molecule has 1 amide bonds. The second kappa shape index (κ2) is 9.17. The van der Waals surface area contributed by atoms with Crippen molar-refractivity contribution in [3.63, 3.8) is 0 Å². The van der Waals surface area contributed by atoms with Gasteiger partial charge in [0.1, 0.15) is 18.0 Å². The number of nitrogens with one attached hydrogen (secondary N) is 1. The molecule has 1 aliphatic carbocycles. The highest BCUT2D eigenvalue weighted by atomic mass is 79.9. The fourth-order valence-corrected chi connectivity index (χ4v) is 4.06. The first-order valence-corrected chi connectivity index (χ1v) is 10.8. The van der Waals surface area contributed by atoms with E-state index in [0.29, 0.717) is 15.9 Å². The summed E-state index contributed by atoms with van der Waals surface area (Å²) in [6.45, 7) is 2.13. The standard InChI is InChI=1S/C21H22BrF2N5O2/c1-2-13-3-7-16(8-4-13)31-12-28-10-15(9-25-28)26-17(30)11-29-20(14-5-6-14)18(22)19(27-29)21(23)24/h3-4,7-10,14,21H,2,5-6,11-12H2,1H3,(H,26,30). The van der Waals surface area contributed by atoms with Crippen LogP contribution in [0.15, 0.2) is 41.1 Å². The monoisotopic (exact) mass is 493 g/mol. The number of aryl methyl sites for hydroxylation is 1. The van der Waals surface area contributed by atoms with Crippen molar-refractivity contribution in [2.45, 2.75) is 51.8 Å². The second-order valence-corrected chi connectivity index (χ2v) is 8.20. The SMILES string of the molecule is CCc1ccc(OCn2cc(NC(=O)Cn3nc(C(F)F)c(Br)c3C3CC3)cn2)cc1. The number of amides is 1. The summed E-state index contributed by atoms with van der Waals surface area (Å²) in [5.74, 6) is 0.520. The number of aromatic nitrogens is 4. The third kappa shape index (κ3) is 5.12. The van der Waals surface area contributed by atoms with Crippen molar-refractivity contribution in [2.75, 3.05) is 5.32 Å². The number of hydrogen-bond acceptors (Lipinski definition) is 4. The van der Waals surface area contributed by atoms with Crippen LogP contribution in [0.3, 0.4) is 0 Å². The van der Waals surface area contributed by atoms with Gasteiger partial charge in [-0.25, -0.2) is 13.5 Å². The first-order valence-electron chi connectivity index (χ1n) is 10.0. The third-order valence-electron chi connectivity index (χ3n) is 5.03. The normalized spacial score (nSPS) is 13.6. The van der Waals surface area contributed by atoms with Gasteiger partial charge in [0.25, 0.3) is 6.43 Å². The van der Waals surface area contributed by atoms with E-state index >= 15 is 0 Å². The van der Waals surface area contributed by atoms with E-state index in [2.05, 4.69) is 38.4 Å². The Balaban J connectivity index is 1.35. The van der Waals surface area contributed by atoms with Gasteiger partial charge in [0, 0.05) is 5.92 Å². The quantitative estimate of drug-likeness (QED) is 0.460. The number of hydrogen-bond donors (Lipinski definition) is 1. The van der Waals surface area contributed by atoms with Crippen LogP contribution in [0.4, 0.5) is 14.5 Å². The number of anilines is 1. The number of benzene rings is 1. The maximum Gasteiger partial charge on any atom is 0.283 e. The van der Waals surface area contributed by atoms with Crippen molar-refractivity contribution >= 4 is 27.5 Å². The van der Waals surface area contributed by atoms with Gasteiger partial charge < -0.3 is 10.1 Å². The minimum Gasteiger partial charge on any atom is -0.471 e. The predicted octanol–water partition coefficient (Wildman–Crippen LogP) is 4.89. The maximum atomic E-state index is 13.2. The average molecular weight is 494 g/mol. The molecule has 0 unspecified atom stereocenters. The van der Waals surface area contributed by atoms with Crippen LogP contribution < -0.4 is 10.1 Å². The molecular formula is C21H22BrF2N5O2. The zero-order valence-electron chi connectivity index (χ0n) is 16.9. The van der Waals surface area contributed by atoms with Crippen LogP contribution in [-0.4, -0.2) is 25.5 Å². The summed E-state index contributed by atoms with van der Waals surface area (Å²) < 4.78 is 35.3. The number of ether oxygens (including phenoxy) is 1. The number of nitrogens with zero attached hydrogens (tertiary/aromatic N) is 4. The highest BCUT2D eigenvalue weighted by Gasteiger charge is 2.34. The summed E-state index contributed by atoms with van der Waals surface area (Å²) in [4.78, 5) is 12.5. The van der Waals surface area contributed by atoms with E-state index in [1.807, 2.05) is 24.3 Å². The summed E-state index contributed by atoms with van der Waals surface area (Å²) in [6.07, 6.45) is 3.22. The van der Waals surface area contributed by atoms with Crippen molar-refractivity contribution in [1.29, 1.82) is 0 Å². The molecule has 164 valence electrons. The van der Waals surface area contributed by atoms with Crippen molar-refractivity contribution in [2.24, 2.45) is 0 Å². The van der Waals surface area contributed by atoms with Crippen LogP contribution in [0.2, 0.25) is 0 Å². The van der Waals surface area contributed by atoms with Crippen molar-refractivity contribution in [3.05, 3.63) is 58.1 Å². The lowest BCUT2D eigenvalue weighted by Gasteiger charge is -2.08. The van der Waals surface area contributed by atoms with Crippen LogP contribution >= 0.6 is 15.9 Å². The number of carbonyl (C=O) groups is 1. The molecule has 31 heavy (non-hydrogen) atoms. The van der Waals surface area contributed by atoms with Gasteiger partial charge in [0.05, 0.1) is 28.2 Å². The molecule has 1 fully saturated rings. The van der Waals surface area contributed by atoms with Crippen LogP contribution in [0.1, 0.15) is 49.1 Å². The number of carbonyl (C=O) groups excluding carboxylic acids is 1. The lowest BCUT2D eigenvalue weighted by molar-refractivity contribution is -0.117. The van der Waals surface area contributed by atoms with Gasteiger partial charge in [-0.15, -0.1) is 0 Å². The summed E-state index contributed by atoms with van der Waals surface area (Å²) in [5.41, 5.74) is 2.05. The first kappa shape index (κ1) is 21.5. The van der Waals surface area contributed by atoms with Gasteiger partial charge in [0.15, 0.2) is 6.73 Å². The van der Waals surface area contributed by atoms with E-state index in [9.17, 15) is 13.6 Å². The molecule has 0 aliphatic heterocycles. The molecule has 2 aromatic heterocycles. The molecule has 0 atom stereocenters. The van der Waals surface area contributed by atoms with Crippen molar-refractivity contribution in [3.8, 4) is 5.75 Å². The predicted molar refractivity (Wildman–Crippen MR) is 114 cm³/mol. The molecule has 1 saturated carbocycles. The molecule has 0 saturated heterocycles. The number of rotatable bonds is 9. The lowest BCUT2D eigenvalue weighted by atomic mass is 10.2. The van der Waals surface area contributed by atoms with E-state index in [1.54, 1.807) is 10.9 Å². The fraction of sp³-hybridized carbons (Fsp3) is 0.381. The lowest BCUT2D eigenvalue weighted by Crippen LogP contribution is -2.20. The Kier molecular flexibility index (Phi) is 6.35. The van der Waals surface area contributed by atoms with Crippen LogP contribution in [0, 0.1) is 0 Å². The molecule has 7 nitrogen and oxygen atoms in total. The molecule has 0 radical (unpaired) electrons. The summed E-state index contributed by atoms with van der Waals surface area (Å²) in [5, 5.41) is 10.8. The third-order valence-corrected chi connectivity index (χ3v) is 5.84. The largest absolute Gasteiger partial charge is 0.471 e. The Hall–Kier alpha value is -2.75. The van der Waals surface area contributed by atoms with E-state index in [1.165, 1.54) is 16.4 Å². The van der Waals surface area contributed by atoms with Crippen LogP contribution in [0.5, 0.6) is 5.75 Å². The maximum absolute atomic E-state index is 13.2. The summed E-state index contributed by atoms with van der Waals surface area (Å²) in [7, 11) is 0. The molecule has 2 heterocycles. The zero-order valence-corrected chi connectivity index (χ0v) is 18.5. The van der Waals surface area contributed by atoms with E-state index in [0.717, 1.165) is 25.0 Å². The molecule has 1 aromatic carbocycles. The van der Waals surface area contributed by atoms with Gasteiger partial charge in [-0.1, -0.05) is 19.1 Å². The molecule has 0 spiro atoms. The number of alkyl halides is 2. The minimum atomic E-state index is -2.70. The Morgan fingerprint density at radius 1 is 1.32 bits per heavy atom. The Labute approximate surface area is 186 Å². The Morgan fingerprint density at radius 3 is 2.71 bits per heavy atom. The fourth-order valence-electron chi connectivity index (χ4n) is 3.28. The average Bonchev–Trinajstić information content (AvgIpc) is 3.39. The van der Waals surface area contributed by atoms with Crippen LogP contribution in [-0.2, 0) is 24.5 Å². The Bertz CT molecular complexity index is 1060. The number of halogens is 3. The molecule has 10 heteroatoms. The highest BCUT2D eigenvalue weighted by Crippen LogP contribution is 2.45. The van der Waals surface area contributed by atoms with Crippen molar-refractivity contribution < 1.29 is 18.3 Å². The van der Waals surface area contributed by atoms with E-state index in [-0.39, 0.29) is 30.8 Å². The van der Waals surface area contributed by atoms with Crippen molar-refractivity contribution in [1.82, 2.24) is 19.6 Å². The summed E-state index contributed by atoms with van der Waals surface area (Å²) in [6, 6.07) is 7.82.